The summed E-state index contributed by atoms with van der Waals surface area (Å²) in [6.07, 6.45) is 17.7. The number of carbonyl (C=O) groups excluding carboxylic acids is 2. The molecule has 0 aromatic heterocycles. The number of unbranched alkanes of at least 4 members (excludes halogenated alkanes) is 8. The van der Waals surface area contributed by atoms with Gasteiger partial charge in [0.05, 0.1) is 0 Å². The second-order valence-electron chi connectivity index (χ2n) is 12.2. The molecule has 9 nitrogen and oxygen atoms in total. The van der Waals surface area contributed by atoms with Crippen molar-refractivity contribution in [2.75, 3.05) is 20.8 Å². The minimum absolute atomic E-state index is 0.106. The van der Waals surface area contributed by atoms with E-state index in [2.05, 4.69) is 60.1 Å². The summed E-state index contributed by atoms with van der Waals surface area (Å²) in [5.41, 5.74) is 0. The lowest BCUT2D eigenvalue weighted by molar-refractivity contribution is -0.150. The Bertz CT molecular complexity index is 607. The van der Waals surface area contributed by atoms with Gasteiger partial charge in [-0.15, -0.1) is 0 Å². The quantitative estimate of drug-likeness (QED) is 0.124. The molecule has 0 rings (SSSR count). The summed E-state index contributed by atoms with van der Waals surface area (Å²) >= 11 is 0. The molecule has 0 aliphatic carbocycles. The Kier molecular flexibility index (Phi) is 84.1. The lowest BCUT2D eigenvalue weighted by Gasteiger charge is -2.07. The SMILES string of the molecule is CCC(C)C(C)=O.CCC(OC)C(=O)O.CCCCC.CCCCC.CCCCC.CCCCC.CCOC(CC)C(=O)O.CC[C@H](OC)C(C)=O. The van der Waals surface area contributed by atoms with Crippen molar-refractivity contribution in [3.05, 3.63) is 0 Å². The van der Waals surface area contributed by atoms with Gasteiger partial charge in [-0.05, 0) is 46.5 Å². The molecule has 0 saturated heterocycles. The Balaban J connectivity index is -0.0000000717. The zero-order valence-corrected chi connectivity index (χ0v) is 38.1. The Morgan fingerprint density at radius 1 is 0.442 bits per heavy atom. The zero-order valence-electron chi connectivity index (χ0n) is 38.1. The van der Waals surface area contributed by atoms with Crippen LogP contribution in [0.25, 0.3) is 0 Å². The predicted molar refractivity (Wildman–Crippen MR) is 225 cm³/mol. The molecule has 320 valence electrons. The number of aliphatic carboxylic acids is 2. The average molecular weight is 755 g/mol. The minimum atomic E-state index is -0.894. The first-order valence-corrected chi connectivity index (χ1v) is 20.6. The standard InChI is InChI=1S/C6H12O3.C6H12O2.C6H12O.C5H10O3.4C5H12/c1-3-5(6(7)8)9-4-2;1-4-6(8-3)5(2)7;1-4-5(2)6(3)7;1-3-4(8-2)5(6)7;4*1-3-5-4-2/h5H,3-4H2,1-2H3,(H,7,8);6H,4H2,1-3H3;5H,4H2,1-3H3;4H,3H2,1-2H3,(H,6,7);4*3-5H2,1-2H3/t;6-;;;;;;/m.0....../s1. The molecule has 0 aromatic carbocycles. The zero-order chi connectivity index (χ0) is 42.8. The van der Waals surface area contributed by atoms with Gasteiger partial charge in [0.2, 0.25) is 0 Å². The number of methoxy groups -OCH3 is 2. The molecule has 4 atom stereocenters. The molecule has 0 aliphatic rings. The van der Waals surface area contributed by atoms with E-state index in [0.717, 1.165) is 12.8 Å². The van der Waals surface area contributed by atoms with Gasteiger partial charge >= 0.3 is 11.9 Å². The molecular weight excluding hydrogens is 660 g/mol. The Hall–Kier alpha value is -1.84. The summed E-state index contributed by atoms with van der Waals surface area (Å²) in [5, 5.41) is 16.6. The highest BCUT2D eigenvalue weighted by molar-refractivity contribution is 5.80. The third-order valence-corrected chi connectivity index (χ3v) is 7.19. The number of carboxylic acid groups (broad SMARTS) is 2. The summed E-state index contributed by atoms with van der Waals surface area (Å²) in [4.78, 5) is 41.1. The van der Waals surface area contributed by atoms with Crippen LogP contribution in [0.3, 0.4) is 0 Å². The molecule has 0 aliphatic heterocycles. The van der Waals surface area contributed by atoms with Crippen molar-refractivity contribution < 1.29 is 43.6 Å². The number of hydrogen-bond donors (Lipinski definition) is 2. The van der Waals surface area contributed by atoms with Crippen molar-refractivity contribution in [2.45, 2.75) is 232 Å². The van der Waals surface area contributed by atoms with Gasteiger partial charge in [-0.3, -0.25) is 9.59 Å². The van der Waals surface area contributed by atoms with Crippen LogP contribution in [0.1, 0.15) is 214 Å². The second-order valence-corrected chi connectivity index (χ2v) is 12.2. The predicted octanol–water partition coefficient (Wildman–Crippen LogP) is 12.8. The van der Waals surface area contributed by atoms with Crippen LogP contribution >= 0.6 is 0 Å². The molecule has 3 unspecified atom stereocenters. The van der Waals surface area contributed by atoms with E-state index in [9.17, 15) is 19.2 Å². The molecule has 0 amide bonds. The number of ketones is 2. The van der Waals surface area contributed by atoms with Crippen LogP contribution in [0.4, 0.5) is 0 Å². The molecule has 0 spiro atoms. The number of rotatable bonds is 20. The number of carbonyl (C=O) groups is 4. The highest BCUT2D eigenvalue weighted by atomic mass is 16.5. The molecule has 0 radical (unpaired) electrons. The van der Waals surface area contributed by atoms with Crippen molar-refractivity contribution >= 4 is 23.5 Å². The van der Waals surface area contributed by atoms with Crippen LogP contribution in [0, 0.1) is 5.92 Å². The maximum absolute atomic E-state index is 10.5. The molecule has 52 heavy (non-hydrogen) atoms. The van der Waals surface area contributed by atoms with Crippen molar-refractivity contribution in [2.24, 2.45) is 5.92 Å². The molecule has 0 aromatic rings. The first-order valence-electron chi connectivity index (χ1n) is 20.6. The number of ether oxygens (including phenoxy) is 3. The topological polar surface area (TPSA) is 136 Å². The molecule has 0 bridgehead atoms. The van der Waals surface area contributed by atoms with Crippen molar-refractivity contribution in [3.63, 3.8) is 0 Å². The van der Waals surface area contributed by atoms with Gasteiger partial charge < -0.3 is 24.4 Å². The lowest BCUT2D eigenvalue weighted by atomic mass is 10.1. The van der Waals surface area contributed by atoms with E-state index in [1.165, 1.54) is 91.1 Å². The fourth-order valence-electron chi connectivity index (χ4n) is 3.33. The van der Waals surface area contributed by atoms with Crippen molar-refractivity contribution in [1.82, 2.24) is 0 Å². The molecule has 9 heteroatoms. The van der Waals surface area contributed by atoms with Gasteiger partial charge in [0.1, 0.15) is 11.9 Å². The van der Waals surface area contributed by atoms with Crippen LogP contribution in [0.5, 0.6) is 0 Å². The van der Waals surface area contributed by atoms with Crippen LogP contribution in [0.2, 0.25) is 0 Å². The van der Waals surface area contributed by atoms with E-state index in [4.69, 9.17) is 19.7 Å². The number of carboxylic acids is 2. The Morgan fingerprint density at radius 3 is 0.731 bits per heavy atom. The van der Waals surface area contributed by atoms with E-state index in [1.807, 2.05) is 20.8 Å². The highest BCUT2D eigenvalue weighted by Gasteiger charge is 2.13. The smallest absolute Gasteiger partial charge is 0.332 e. The van der Waals surface area contributed by atoms with E-state index in [-0.39, 0.29) is 17.8 Å². The molecular formula is C43H94O9. The van der Waals surface area contributed by atoms with Crippen LogP contribution in [-0.4, -0.2) is 72.9 Å². The largest absolute Gasteiger partial charge is 0.479 e. The van der Waals surface area contributed by atoms with Crippen LogP contribution in [0.15, 0.2) is 0 Å². The second kappa shape index (κ2) is 64.1. The maximum Gasteiger partial charge on any atom is 0.332 e. The molecule has 0 fully saturated rings. The van der Waals surface area contributed by atoms with Gasteiger partial charge in [0.15, 0.2) is 18.0 Å². The van der Waals surface area contributed by atoms with Gasteiger partial charge in [0.25, 0.3) is 0 Å². The van der Waals surface area contributed by atoms with Gasteiger partial charge in [0, 0.05) is 26.7 Å². The normalized spacial score (nSPS) is 11.4. The fourth-order valence-corrected chi connectivity index (χ4v) is 3.33. The van der Waals surface area contributed by atoms with Crippen molar-refractivity contribution in [3.8, 4) is 0 Å². The number of hydrogen-bond acceptors (Lipinski definition) is 7. The summed E-state index contributed by atoms with van der Waals surface area (Å²) in [7, 11) is 2.94. The van der Waals surface area contributed by atoms with E-state index in [0.29, 0.717) is 25.2 Å². The first kappa shape index (κ1) is 68.2. The molecule has 0 heterocycles. The Morgan fingerprint density at radius 2 is 0.712 bits per heavy atom. The van der Waals surface area contributed by atoms with Crippen LogP contribution < -0.4 is 0 Å². The van der Waals surface area contributed by atoms with E-state index >= 15 is 0 Å². The minimum Gasteiger partial charge on any atom is -0.479 e. The number of Topliss-reactive ketones (excluding diaryl/α,β-unsaturated/α-hetero) is 2. The first-order chi connectivity index (χ1) is 24.5. The summed E-state index contributed by atoms with van der Waals surface area (Å²) in [5.74, 6) is -1.10. The lowest BCUT2D eigenvalue weighted by Crippen LogP contribution is -2.22. The summed E-state index contributed by atoms with van der Waals surface area (Å²) in [6, 6.07) is 0. The average Bonchev–Trinajstić information content (AvgIpc) is 3.11. The van der Waals surface area contributed by atoms with Crippen LogP contribution in [-0.2, 0) is 33.4 Å². The molecule has 2 N–H and O–H groups in total. The highest BCUT2D eigenvalue weighted by Crippen LogP contribution is 2.00. The van der Waals surface area contributed by atoms with Crippen molar-refractivity contribution in [1.29, 1.82) is 0 Å². The Labute approximate surface area is 325 Å². The summed E-state index contributed by atoms with van der Waals surface area (Å²) < 4.78 is 14.2. The third-order valence-electron chi connectivity index (χ3n) is 7.19. The monoisotopic (exact) mass is 755 g/mol. The molecule has 0 saturated carbocycles. The van der Waals surface area contributed by atoms with Gasteiger partial charge in [-0.25, -0.2) is 9.59 Å². The van der Waals surface area contributed by atoms with Gasteiger partial charge in [-0.2, -0.15) is 0 Å². The summed E-state index contributed by atoms with van der Waals surface area (Å²) in [6.45, 7) is 32.6. The van der Waals surface area contributed by atoms with E-state index in [1.54, 1.807) is 34.8 Å². The van der Waals surface area contributed by atoms with Gasteiger partial charge in [-0.1, -0.05) is 167 Å². The third kappa shape index (κ3) is 77.6. The maximum atomic E-state index is 10.5. The fraction of sp³-hybridized carbons (Fsp3) is 0.907. The van der Waals surface area contributed by atoms with E-state index < -0.39 is 24.1 Å².